The number of nitrogens with zero attached hydrogens (tertiary/aromatic N) is 3. The molecule has 4 rings (SSSR count). The lowest BCUT2D eigenvalue weighted by atomic mass is 10.0. The van der Waals surface area contributed by atoms with Gasteiger partial charge in [0.1, 0.15) is 0 Å². The van der Waals surface area contributed by atoms with E-state index in [0.717, 1.165) is 22.2 Å². The second-order valence-corrected chi connectivity index (χ2v) is 7.21. The molecule has 2 aromatic carbocycles. The molecule has 0 bridgehead atoms. The lowest BCUT2D eigenvalue weighted by molar-refractivity contribution is -0.116. The summed E-state index contributed by atoms with van der Waals surface area (Å²) in [6, 6.07) is 17.6. The molecule has 0 spiro atoms. The monoisotopic (exact) mass is 386 g/mol. The van der Waals surface area contributed by atoms with Gasteiger partial charge in [-0.3, -0.25) is 9.78 Å². The Labute approximate surface area is 169 Å². The van der Waals surface area contributed by atoms with Crippen molar-refractivity contribution in [3.63, 3.8) is 0 Å². The van der Waals surface area contributed by atoms with E-state index < -0.39 is 0 Å². The number of amides is 1. The van der Waals surface area contributed by atoms with E-state index in [1.54, 1.807) is 6.20 Å². The van der Waals surface area contributed by atoms with E-state index >= 15 is 0 Å². The van der Waals surface area contributed by atoms with Crippen molar-refractivity contribution in [2.75, 3.05) is 5.32 Å². The Hall–Kier alpha value is -3.54. The average molecular weight is 386 g/mol. The van der Waals surface area contributed by atoms with Crippen LogP contribution in [0.15, 0.2) is 65.3 Å². The van der Waals surface area contributed by atoms with Crippen molar-refractivity contribution in [3.8, 4) is 11.4 Å². The zero-order valence-corrected chi connectivity index (χ0v) is 16.4. The second kappa shape index (κ2) is 8.22. The lowest BCUT2D eigenvalue weighted by Crippen LogP contribution is -2.12. The van der Waals surface area contributed by atoms with E-state index in [1.807, 2.05) is 42.5 Å². The first kappa shape index (κ1) is 18.8. The molecule has 0 saturated carbocycles. The Bertz CT molecular complexity index is 1130. The molecule has 1 amide bonds. The number of hydrogen-bond acceptors (Lipinski definition) is 5. The van der Waals surface area contributed by atoms with Crippen LogP contribution in [0.1, 0.15) is 37.6 Å². The third-order valence-electron chi connectivity index (χ3n) is 4.79. The van der Waals surface area contributed by atoms with Gasteiger partial charge in [0.2, 0.25) is 17.6 Å². The molecule has 29 heavy (non-hydrogen) atoms. The Kier molecular flexibility index (Phi) is 5.33. The highest BCUT2D eigenvalue weighted by Crippen LogP contribution is 2.22. The van der Waals surface area contributed by atoms with E-state index in [0.29, 0.717) is 24.1 Å². The average Bonchev–Trinajstić information content (AvgIpc) is 3.22. The molecular weight excluding hydrogens is 364 g/mol. The molecule has 0 aliphatic heterocycles. The first-order chi connectivity index (χ1) is 14.1. The lowest BCUT2D eigenvalue weighted by Gasteiger charge is -2.07. The quantitative estimate of drug-likeness (QED) is 0.505. The van der Waals surface area contributed by atoms with Gasteiger partial charge in [-0.15, -0.1) is 0 Å². The summed E-state index contributed by atoms with van der Waals surface area (Å²) in [6.45, 7) is 4.31. The van der Waals surface area contributed by atoms with Crippen LogP contribution in [0.4, 0.5) is 5.69 Å². The zero-order chi connectivity index (χ0) is 20.2. The van der Waals surface area contributed by atoms with Crippen LogP contribution in [0.2, 0.25) is 0 Å². The fourth-order valence-corrected chi connectivity index (χ4v) is 3.14. The van der Waals surface area contributed by atoms with Gasteiger partial charge >= 0.3 is 0 Å². The van der Waals surface area contributed by atoms with Gasteiger partial charge < -0.3 is 9.84 Å². The molecule has 0 aliphatic rings. The molecule has 0 aliphatic carbocycles. The van der Waals surface area contributed by atoms with Gasteiger partial charge in [0.25, 0.3) is 0 Å². The van der Waals surface area contributed by atoms with Gasteiger partial charge in [-0.05, 0) is 35.7 Å². The third kappa shape index (κ3) is 4.32. The van der Waals surface area contributed by atoms with Gasteiger partial charge in [-0.2, -0.15) is 4.98 Å². The predicted molar refractivity (Wildman–Crippen MR) is 113 cm³/mol. The van der Waals surface area contributed by atoms with Crippen molar-refractivity contribution in [2.24, 2.45) is 0 Å². The van der Waals surface area contributed by atoms with Gasteiger partial charge in [0.15, 0.2) is 0 Å². The number of carbonyl (C=O) groups excluding carboxylic acids is 1. The number of aryl methyl sites for hydroxylation is 1. The molecule has 2 aromatic heterocycles. The van der Waals surface area contributed by atoms with Crippen LogP contribution in [0.5, 0.6) is 0 Å². The number of benzene rings is 2. The number of anilines is 1. The van der Waals surface area contributed by atoms with Crippen LogP contribution in [0.3, 0.4) is 0 Å². The number of pyridine rings is 1. The van der Waals surface area contributed by atoms with Crippen LogP contribution in [-0.4, -0.2) is 21.0 Å². The molecule has 1 N–H and O–H groups in total. The number of nitrogens with one attached hydrogen (secondary N) is 1. The zero-order valence-electron chi connectivity index (χ0n) is 16.4. The predicted octanol–water partition coefficient (Wildman–Crippen LogP) is 4.98. The summed E-state index contributed by atoms with van der Waals surface area (Å²) in [6.07, 6.45) is 2.37. The number of fused-ring (bicyclic) bond motifs is 1. The van der Waals surface area contributed by atoms with Crippen molar-refractivity contribution >= 4 is 22.5 Å². The molecule has 6 nitrogen and oxygen atoms in total. The summed E-state index contributed by atoms with van der Waals surface area (Å²) < 4.78 is 5.32. The van der Waals surface area contributed by atoms with Crippen LogP contribution >= 0.6 is 0 Å². The molecule has 0 fully saturated rings. The number of hydrogen-bond donors (Lipinski definition) is 1. The van der Waals surface area contributed by atoms with Crippen molar-refractivity contribution in [2.45, 2.75) is 32.6 Å². The van der Waals surface area contributed by atoms with Gasteiger partial charge in [-0.25, -0.2) is 0 Å². The highest BCUT2D eigenvalue weighted by Gasteiger charge is 2.12. The number of aromatic nitrogens is 3. The third-order valence-corrected chi connectivity index (χ3v) is 4.79. The van der Waals surface area contributed by atoms with Gasteiger partial charge in [-0.1, -0.05) is 49.3 Å². The minimum atomic E-state index is -0.109. The van der Waals surface area contributed by atoms with Crippen LogP contribution in [0.25, 0.3) is 22.3 Å². The van der Waals surface area contributed by atoms with Crippen LogP contribution < -0.4 is 5.32 Å². The summed E-state index contributed by atoms with van der Waals surface area (Å²) in [5, 5.41) is 7.89. The highest BCUT2D eigenvalue weighted by atomic mass is 16.5. The summed E-state index contributed by atoms with van der Waals surface area (Å²) in [5.74, 6) is 1.35. The van der Waals surface area contributed by atoms with E-state index in [2.05, 4.69) is 46.4 Å². The first-order valence-electron chi connectivity index (χ1n) is 9.66. The second-order valence-electron chi connectivity index (χ2n) is 7.21. The molecule has 0 unspecified atom stereocenters. The highest BCUT2D eigenvalue weighted by molar-refractivity contribution is 6.00. The maximum Gasteiger partial charge on any atom is 0.227 e. The minimum Gasteiger partial charge on any atom is -0.339 e. The fourth-order valence-electron chi connectivity index (χ4n) is 3.14. The van der Waals surface area contributed by atoms with Crippen LogP contribution in [0, 0.1) is 0 Å². The molecular formula is C23H22N4O2. The molecule has 146 valence electrons. The normalized spacial score (nSPS) is 11.1. The first-order valence-corrected chi connectivity index (χ1v) is 9.66. The van der Waals surface area contributed by atoms with Crippen molar-refractivity contribution < 1.29 is 9.32 Å². The molecule has 2 heterocycles. The maximum absolute atomic E-state index is 12.4. The Morgan fingerprint density at radius 2 is 1.90 bits per heavy atom. The van der Waals surface area contributed by atoms with Gasteiger partial charge in [0.05, 0.1) is 11.2 Å². The maximum atomic E-state index is 12.4. The van der Waals surface area contributed by atoms with Crippen LogP contribution in [-0.2, 0) is 11.2 Å². The minimum absolute atomic E-state index is 0.109. The molecule has 0 radical (unpaired) electrons. The SMILES string of the molecule is CC(C)c1ccc(-c2noc(CCC(=O)Nc3cccc4ncccc34)n2)cc1. The van der Waals surface area contributed by atoms with E-state index in [4.69, 9.17) is 4.52 Å². The molecule has 4 aromatic rings. The number of carbonyl (C=O) groups is 1. The summed E-state index contributed by atoms with van der Waals surface area (Å²) in [4.78, 5) is 21.1. The number of rotatable bonds is 6. The summed E-state index contributed by atoms with van der Waals surface area (Å²) in [7, 11) is 0. The standard InChI is InChI=1S/C23H22N4O2/c1-15(2)16-8-10-17(11-9-16)23-26-22(29-27-23)13-12-21(28)25-20-7-3-6-19-18(20)5-4-14-24-19/h3-11,14-15H,12-13H2,1-2H3,(H,25,28). The van der Waals surface area contributed by atoms with Gasteiger partial charge in [0, 0.05) is 30.0 Å². The summed E-state index contributed by atoms with van der Waals surface area (Å²) >= 11 is 0. The van der Waals surface area contributed by atoms with Crippen molar-refractivity contribution in [1.82, 2.24) is 15.1 Å². The Morgan fingerprint density at radius 3 is 2.69 bits per heavy atom. The van der Waals surface area contributed by atoms with Crippen molar-refractivity contribution in [1.29, 1.82) is 0 Å². The largest absolute Gasteiger partial charge is 0.339 e. The molecule has 6 heteroatoms. The summed E-state index contributed by atoms with van der Waals surface area (Å²) in [5.41, 5.74) is 3.75. The van der Waals surface area contributed by atoms with E-state index in [-0.39, 0.29) is 12.3 Å². The van der Waals surface area contributed by atoms with E-state index in [9.17, 15) is 4.79 Å². The Balaban J connectivity index is 1.38. The van der Waals surface area contributed by atoms with E-state index in [1.165, 1.54) is 5.56 Å². The Morgan fingerprint density at radius 1 is 1.07 bits per heavy atom. The molecule has 0 saturated heterocycles. The fraction of sp³-hybridized carbons (Fsp3) is 0.217. The molecule has 0 atom stereocenters. The van der Waals surface area contributed by atoms with Crippen molar-refractivity contribution in [3.05, 3.63) is 72.2 Å². The topological polar surface area (TPSA) is 80.9 Å². The smallest absolute Gasteiger partial charge is 0.227 e.